The Morgan fingerprint density at radius 3 is 2.78 bits per heavy atom. The van der Waals surface area contributed by atoms with Crippen molar-refractivity contribution in [1.82, 2.24) is 30.3 Å². The molecule has 2 N–H and O–H groups in total. The summed E-state index contributed by atoms with van der Waals surface area (Å²) in [6.45, 7) is 6.20. The molecule has 2 fully saturated rings. The molecule has 1 aromatic rings. The predicted molar refractivity (Wildman–Crippen MR) is 121 cm³/mol. The molecule has 27 heavy (non-hydrogen) atoms. The number of aliphatic imine (C=N–C) groups is 1. The molecule has 0 amide bonds. The molecule has 1 saturated carbocycles. The summed E-state index contributed by atoms with van der Waals surface area (Å²) >= 11 is 0. The Balaban J connectivity index is 0.00000261. The Morgan fingerprint density at radius 2 is 2.04 bits per heavy atom. The van der Waals surface area contributed by atoms with Gasteiger partial charge in [0.25, 0.3) is 0 Å². The molecule has 0 aromatic carbocycles. The average molecular weight is 489 g/mol. The summed E-state index contributed by atoms with van der Waals surface area (Å²) in [5.41, 5.74) is 0. The molecule has 1 aromatic heterocycles. The highest BCUT2D eigenvalue weighted by Gasteiger charge is 2.27. The van der Waals surface area contributed by atoms with Crippen LogP contribution in [0.15, 0.2) is 11.3 Å². The third-order valence-electron chi connectivity index (χ3n) is 5.77. The largest absolute Gasteiger partial charge is 0.355 e. The van der Waals surface area contributed by atoms with E-state index >= 15 is 0 Å². The SMILES string of the molecule is CCc1nncn1CCNC(=NC)NC1CCCN(C2CCCCC2)C1.I. The molecule has 7 nitrogen and oxygen atoms in total. The number of halogens is 1. The van der Waals surface area contributed by atoms with Gasteiger partial charge >= 0.3 is 0 Å². The molecule has 2 aliphatic rings. The van der Waals surface area contributed by atoms with Crippen molar-refractivity contribution in [3.8, 4) is 0 Å². The van der Waals surface area contributed by atoms with Gasteiger partial charge in [-0.2, -0.15) is 0 Å². The fourth-order valence-electron chi connectivity index (χ4n) is 4.32. The standard InChI is InChI=1S/C19H35N7.HI/c1-3-18-24-22-15-26(18)13-11-21-19(20-2)23-16-8-7-12-25(14-16)17-9-5-4-6-10-17;/h15-17H,3-14H2,1-2H3,(H2,20,21,23);1H. The van der Waals surface area contributed by atoms with Gasteiger partial charge in [0.15, 0.2) is 5.96 Å². The van der Waals surface area contributed by atoms with Crippen LogP contribution in [0.1, 0.15) is 57.7 Å². The monoisotopic (exact) mass is 489 g/mol. The number of nitrogens with zero attached hydrogens (tertiary/aromatic N) is 5. The van der Waals surface area contributed by atoms with E-state index in [1.807, 2.05) is 7.05 Å². The van der Waals surface area contributed by atoms with E-state index in [0.717, 1.165) is 43.9 Å². The third kappa shape index (κ3) is 6.58. The second-order valence-corrected chi connectivity index (χ2v) is 7.56. The van der Waals surface area contributed by atoms with Crippen molar-refractivity contribution in [2.45, 2.75) is 76.9 Å². The number of piperidine rings is 1. The maximum Gasteiger partial charge on any atom is 0.191 e. The molecule has 0 radical (unpaired) electrons. The van der Waals surface area contributed by atoms with Crippen molar-refractivity contribution in [3.63, 3.8) is 0 Å². The number of aromatic nitrogens is 3. The predicted octanol–water partition coefficient (Wildman–Crippen LogP) is 2.42. The molecule has 0 bridgehead atoms. The first kappa shape index (κ1) is 22.4. The van der Waals surface area contributed by atoms with E-state index in [0.29, 0.717) is 6.04 Å². The van der Waals surface area contributed by atoms with Gasteiger partial charge in [0, 0.05) is 45.2 Å². The topological polar surface area (TPSA) is 70.4 Å². The Morgan fingerprint density at radius 1 is 1.22 bits per heavy atom. The molecule has 0 spiro atoms. The Bertz CT molecular complexity index is 568. The average Bonchev–Trinajstić information content (AvgIpc) is 3.15. The highest BCUT2D eigenvalue weighted by atomic mass is 127. The van der Waals surface area contributed by atoms with Crippen LogP contribution >= 0.6 is 24.0 Å². The second-order valence-electron chi connectivity index (χ2n) is 7.56. The minimum absolute atomic E-state index is 0. The number of aryl methyl sites for hydroxylation is 1. The van der Waals surface area contributed by atoms with E-state index in [2.05, 4.69) is 42.2 Å². The first-order chi connectivity index (χ1) is 12.8. The van der Waals surface area contributed by atoms with E-state index in [1.54, 1.807) is 6.33 Å². The zero-order chi connectivity index (χ0) is 18.2. The van der Waals surface area contributed by atoms with Crippen LogP contribution in [0.5, 0.6) is 0 Å². The summed E-state index contributed by atoms with van der Waals surface area (Å²) in [5.74, 6) is 1.94. The molecule has 1 saturated heterocycles. The maximum absolute atomic E-state index is 4.42. The van der Waals surface area contributed by atoms with Gasteiger partial charge in [-0.15, -0.1) is 34.2 Å². The van der Waals surface area contributed by atoms with E-state index in [4.69, 9.17) is 0 Å². The summed E-state index contributed by atoms with van der Waals surface area (Å²) in [6, 6.07) is 1.31. The Kier molecular flexibility index (Phi) is 9.81. The van der Waals surface area contributed by atoms with Gasteiger partial charge in [-0.3, -0.25) is 9.89 Å². The van der Waals surface area contributed by atoms with Crippen LogP contribution in [-0.2, 0) is 13.0 Å². The van der Waals surface area contributed by atoms with E-state index in [9.17, 15) is 0 Å². The highest BCUT2D eigenvalue weighted by Crippen LogP contribution is 2.25. The fraction of sp³-hybridized carbons (Fsp3) is 0.842. The molecule has 1 atom stereocenters. The highest BCUT2D eigenvalue weighted by molar-refractivity contribution is 14.0. The van der Waals surface area contributed by atoms with E-state index < -0.39 is 0 Å². The molecular weight excluding hydrogens is 453 g/mol. The van der Waals surface area contributed by atoms with Gasteiger partial charge < -0.3 is 15.2 Å². The lowest BCUT2D eigenvalue weighted by molar-refractivity contribution is 0.115. The minimum atomic E-state index is 0. The van der Waals surface area contributed by atoms with Gasteiger partial charge in [-0.05, 0) is 32.2 Å². The molecular formula is C19H36IN7. The summed E-state index contributed by atoms with van der Waals surface area (Å²) < 4.78 is 2.10. The van der Waals surface area contributed by atoms with Gasteiger partial charge in [-0.1, -0.05) is 26.2 Å². The number of hydrogen-bond donors (Lipinski definition) is 2. The van der Waals surface area contributed by atoms with Crippen LogP contribution in [0.3, 0.4) is 0 Å². The molecule has 1 aliphatic carbocycles. The van der Waals surface area contributed by atoms with Gasteiger partial charge in [-0.25, -0.2) is 0 Å². The minimum Gasteiger partial charge on any atom is -0.355 e. The molecule has 1 aliphatic heterocycles. The van der Waals surface area contributed by atoms with Crippen molar-refractivity contribution in [3.05, 3.63) is 12.2 Å². The zero-order valence-electron chi connectivity index (χ0n) is 16.9. The molecule has 8 heteroatoms. The van der Waals surface area contributed by atoms with Crippen LogP contribution in [0.4, 0.5) is 0 Å². The number of likely N-dealkylation sites (tertiary alicyclic amines) is 1. The maximum atomic E-state index is 4.42. The summed E-state index contributed by atoms with van der Waals surface area (Å²) in [7, 11) is 1.85. The van der Waals surface area contributed by atoms with Crippen LogP contribution in [0, 0.1) is 0 Å². The number of rotatable bonds is 6. The van der Waals surface area contributed by atoms with Crippen molar-refractivity contribution in [1.29, 1.82) is 0 Å². The quantitative estimate of drug-likeness (QED) is 0.365. The lowest BCUT2D eigenvalue weighted by Gasteiger charge is -2.40. The van der Waals surface area contributed by atoms with Gasteiger partial charge in [0.1, 0.15) is 12.2 Å². The molecule has 154 valence electrons. The van der Waals surface area contributed by atoms with Crippen molar-refractivity contribution >= 4 is 29.9 Å². The molecule has 1 unspecified atom stereocenters. The number of guanidine groups is 1. The van der Waals surface area contributed by atoms with Crippen LogP contribution in [0.25, 0.3) is 0 Å². The van der Waals surface area contributed by atoms with Crippen LogP contribution < -0.4 is 10.6 Å². The lowest BCUT2D eigenvalue weighted by atomic mass is 9.92. The number of nitrogens with one attached hydrogen (secondary N) is 2. The summed E-state index contributed by atoms with van der Waals surface area (Å²) in [4.78, 5) is 7.14. The Labute approximate surface area is 180 Å². The lowest BCUT2D eigenvalue weighted by Crippen LogP contribution is -2.53. The van der Waals surface area contributed by atoms with Crippen molar-refractivity contribution in [2.24, 2.45) is 4.99 Å². The van der Waals surface area contributed by atoms with Gasteiger partial charge in [0.05, 0.1) is 0 Å². The Hall–Kier alpha value is -0.900. The fourth-order valence-corrected chi connectivity index (χ4v) is 4.32. The van der Waals surface area contributed by atoms with E-state index in [-0.39, 0.29) is 24.0 Å². The van der Waals surface area contributed by atoms with E-state index in [1.165, 1.54) is 51.5 Å². The number of hydrogen-bond acceptors (Lipinski definition) is 4. The van der Waals surface area contributed by atoms with Crippen molar-refractivity contribution < 1.29 is 0 Å². The molecule has 2 heterocycles. The molecule has 3 rings (SSSR count). The third-order valence-corrected chi connectivity index (χ3v) is 5.77. The van der Waals surface area contributed by atoms with Crippen LogP contribution in [-0.4, -0.2) is 64.4 Å². The second kappa shape index (κ2) is 11.8. The normalized spacial score (nSPS) is 22.3. The summed E-state index contributed by atoms with van der Waals surface area (Å²) in [5, 5.41) is 15.2. The van der Waals surface area contributed by atoms with Gasteiger partial charge in [0.2, 0.25) is 0 Å². The van der Waals surface area contributed by atoms with Crippen LogP contribution in [0.2, 0.25) is 0 Å². The summed E-state index contributed by atoms with van der Waals surface area (Å²) in [6.07, 6.45) is 12.2. The first-order valence-corrected chi connectivity index (χ1v) is 10.4. The first-order valence-electron chi connectivity index (χ1n) is 10.4. The van der Waals surface area contributed by atoms with Crippen molar-refractivity contribution in [2.75, 3.05) is 26.7 Å². The zero-order valence-corrected chi connectivity index (χ0v) is 19.2. The smallest absolute Gasteiger partial charge is 0.191 e.